The van der Waals surface area contributed by atoms with E-state index in [-0.39, 0.29) is 10.8 Å². The summed E-state index contributed by atoms with van der Waals surface area (Å²) in [6.45, 7) is 1.60. The normalized spacial score (nSPS) is 11.2. The third kappa shape index (κ3) is 6.10. The number of rotatable bonds is 9. The van der Waals surface area contributed by atoms with E-state index in [2.05, 4.69) is 15.6 Å². The van der Waals surface area contributed by atoms with E-state index < -0.39 is 10.0 Å². The molecule has 1 heterocycles. The predicted molar refractivity (Wildman–Crippen MR) is 98.5 cm³/mol. The molecule has 1 aromatic heterocycles. The standard InChI is InChI=1S/C17H22N4O4S/c1-25-11-10-19-14-7-9-20-16(12-14)17(22)21-8-6-13-2-4-15(5-3-13)26(18,23)24/h2-5,7,9,12H,6,8,10-11H2,1H3,(H,19,20)(H,21,22)(H2,18,23,24). The number of aromatic nitrogens is 1. The van der Waals surface area contributed by atoms with E-state index >= 15 is 0 Å². The predicted octanol–water partition coefficient (Wildman–Crippen LogP) is 0.760. The van der Waals surface area contributed by atoms with Crippen molar-refractivity contribution in [1.29, 1.82) is 0 Å². The molecule has 0 bridgehead atoms. The first-order chi connectivity index (χ1) is 12.4. The molecule has 0 saturated heterocycles. The molecule has 0 saturated carbocycles. The van der Waals surface area contributed by atoms with Gasteiger partial charge in [0.2, 0.25) is 10.0 Å². The third-order valence-corrected chi connectivity index (χ3v) is 4.51. The van der Waals surface area contributed by atoms with E-state index in [1.54, 1.807) is 37.6 Å². The van der Waals surface area contributed by atoms with Crippen LogP contribution in [0.15, 0.2) is 47.5 Å². The number of hydrogen-bond acceptors (Lipinski definition) is 6. The van der Waals surface area contributed by atoms with Crippen molar-refractivity contribution in [2.24, 2.45) is 5.14 Å². The smallest absolute Gasteiger partial charge is 0.269 e. The Bertz CT molecular complexity index is 838. The number of benzene rings is 1. The number of carbonyl (C=O) groups excluding carboxylic acids is 1. The summed E-state index contributed by atoms with van der Waals surface area (Å²) in [6, 6.07) is 9.69. The van der Waals surface area contributed by atoms with Gasteiger partial charge >= 0.3 is 0 Å². The summed E-state index contributed by atoms with van der Waals surface area (Å²) in [4.78, 5) is 16.3. The zero-order valence-electron chi connectivity index (χ0n) is 14.4. The molecule has 9 heteroatoms. The van der Waals surface area contributed by atoms with Crippen LogP contribution in [0.3, 0.4) is 0 Å². The molecule has 2 rings (SSSR count). The Kier molecular flexibility index (Phi) is 7.07. The zero-order valence-corrected chi connectivity index (χ0v) is 15.3. The second kappa shape index (κ2) is 9.27. The first kappa shape index (κ1) is 19.8. The molecule has 0 aliphatic heterocycles. The summed E-state index contributed by atoms with van der Waals surface area (Å²) in [5, 5.41) is 11.0. The summed E-state index contributed by atoms with van der Waals surface area (Å²) < 4.78 is 27.4. The number of anilines is 1. The molecule has 1 amide bonds. The Morgan fingerprint density at radius 2 is 1.92 bits per heavy atom. The Hall–Kier alpha value is -2.49. The number of pyridine rings is 1. The van der Waals surface area contributed by atoms with E-state index in [1.807, 2.05) is 0 Å². The lowest BCUT2D eigenvalue weighted by Crippen LogP contribution is -2.26. The number of methoxy groups -OCH3 is 1. The van der Waals surface area contributed by atoms with Gasteiger partial charge in [-0.2, -0.15) is 0 Å². The molecular formula is C17H22N4O4S. The summed E-state index contributed by atoms with van der Waals surface area (Å²) in [7, 11) is -2.07. The maximum Gasteiger partial charge on any atom is 0.269 e. The highest BCUT2D eigenvalue weighted by Crippen LogP contribution is 2.10. The minimum atomic E-state index is -3.69. The van der Waals surface area contributed by atoms with Crippen molar-refractivity contribution < 1.29 is 17.9 Å². The van der Waals surface area contributed by atoms with Crippen molar-refractivity contribution in [2.45, 2.75) is 11.3 Å². The van der Waals surface area contributed by atoms with Gasteiger partial charge in [-0.15, -0.1) is 0 Å². The number of carbonyl (C=O) groups is 1. The number of amides is 1. The Morgan fingerprint density at radius 3 is 2.58 bits per heavy atom. The first-order valence-corrected chi connectivity index (χ1v) is 9.53. The van der Waals surface area contributed by atoms with Crippen LogP contribution >= 0.6 is 0 Å². The lowest BCUT2D eigenvalue weighted by atomic mass is 10.1. The molecule has 0 radical (unpaired) electrons. The Labute approximate surface area is 152 Å². The average Bonchev–Trinajstić information content (AvgIpc) is 2.62. The fourth-order valence-corrected chi connectivity index (χ4v) is 2.73. The van der Waals surface area contributed by atoms with Gasteiger partial charge < -0.3 is 15.4 Å². The Balaban J connectivity index is 1.86. The van der Waals surface area contributed by atoms with Gasteiger partial charge in [0.15, 0.2) is 0 Å². The number of hydrogen-bond donors (Lipinski definition) is 3. The van der Waals surface area contributed by atoms with E-state index in [1.165, 1.54) is 12.1 Å². The van der Waals surface area contributed by atoms with E-state index in [9.17, 15) is 13.2 Å². The number of ether oxygens (including phenoxy) is 1. The second-order valence-corrected chi connectivity index (χ2v) is 7.11. The number of nitrogens with two attached hydrogens (primary N) is 1. The van der Waals surface area contributed by atoms with Crippen LogP contribution < -0.4 is 15.8 Å². The highest BCUT2D eigenvalue weighted by Gasteiger charge is 2.09. The van der Waals surface area contributed by atoms with E-state index in [4.69, 9.17) is 9.88 Å². The van der Waals surface area contributed by atoms with Crippen molar-refractivity contribution in [3.63, 3.8) is 0 Å². The van der Waals surface area contributed by atoms with E-state index in [0.717, 1.165) is 11.3 Å². The van der Waals surface area contributed by atoms with Crippen LogP contribution in [0, 0.1) is 0 Å². The highest BCUT2D eigenvalue weighted by molar-refractivity contribution is 7.89. The van der Waals surface area contributed by atoms with Crippen LogP contribution in [0.5, 0.6) is 0 Å². The van der Waals surface area contributed by atoms with Crippen molar-refractivity contribution in [1.82, 2.24) is 10.3 Å². The maximum atomic E-state index is 12.2. The molecule has 140 valence electrons. The van der Waals surface area contributed by atoms with Crippen molar-refractivity contribution >= 4 is 21.6 Å². The summed E-state index contributed by atoms with van der Waals surface area (Å²) in [5.74, 6) is -0.276. The monoisotopic (exact) mass is 378 g/mol. The van der Waals surface area contributed by atoms with Crippen molar-refractivity contribution in [3.05, 3.63) is 53.9 Å². The fourth-order valence-electron chi connectivity index (χ4n) is 2.22. The molecule has 0 aliphatic rings. The van der Waals surface area contributed by atoms with Gasteiger partial charge in [-0.25, -0.2) is 13.6 Å². The summed E-state index contributed by atoms with van der Waals surface area (Å²) in [5.41, 5.74) is 2.00. The van der Waals surface area contributed by atoms with Crippen LogP contribution in [0.25, 0.3) is 0 Å². The van der Waals surface area contributed by atoms with Gasteiger partial charge in [-0.3, -0.25) is 9.78 Å². The molecule has 0 fully saturated rings. The average molecular weight is 378 g/mol. The van der Waals surface area contributed by atoms with Gasteiger partial charge in [0.1, 0.15) is 5.69 Å². The van der Waals surface area contributed by atoms with Crippen LogP contribution in [0.4, 0.5) is 5.69 Å². The minimum Gasteiger partial charge on any atom is -0.383 e. The molecule has 0 unspecified atom stereocenters. The first-order valence-electron chi connectivity index (χ1n) is 7.99. The molecule has 26 heavy (non-hydrogen) atoms. The molecule has 0 aliphatic carbocycles. The van der Waals surface area contributed by atoms with Gasteiger partial charge in [0, 0.05) is 32.1 Å². The minimum absolute atomic E-state index is 0.0623. The number of primary sulfonamides is 1. The quantitative estimate of drug-likeness (QED) is 0.554. The molecule has 1 aromatic carbocycles. The summed E-state index contributed by atoms with van der Waals surface area (Å²) >= 11 is 0. The van der Waals surface area contributed by atoms with Crippen LogP contribution in [-0.2, 0) is 21.2 Å². The second-order valence-electron chi connectivity index (χ2n) is 5.54. The third-order valence-electron chi connectivity index (χ3n) is 3.58. The van der Waals surface area contributed by atoms with Gasteiger partial charge in [-0.05, 0) is 36.2 Å². The summed E-state index contributed by atoms with van der Waals surface area (Å²) in [6.07, 6.45) is 2.12. The number of nitrogens with one attached hydrogen (secondary N) is 2. The molecule has 0 spiro atoms. The van der Waals surface area contributed by atoms with Gasteiger partial charge in [0.05, 0.1) is 11.5 Å². The van der Waals surface area contributed by atoms with Crippen LogP contribution in [0.1, 0.15) is 16.1 Å². The van der Waals surface area contributed by atoms with Gasteiger partial charge in [-0.1, -0.05) is 12.1 Å². The zero-order chi connectivity index (χ0) is 19.0. The van der Waals surface area contributed by atoms with Crippen molar-refractivity contribution in [2.75, 3.05) is 32.1 Å². The SMILES string of the molecule is COCCNc1ccnc(C(=O)NCCc2ccc(S(N)(=O)=O)cc2)c1. The molecule has 2 aromatic rings. The number of sulfonamides is 1. The largest absolute Gasteiger partial charge is 0.383 e. The highest BCUT2D eigenvalue weighted by atomic mass is 32.2. The number of nitrogens with zero attached hydrogens (tertiary/aromatic N) is 1. The Morgan fingerprint density at radius 1 is 1.19 bits per heavy atom. The molecular weight excluding hydrogens is 356 g/mol. The van der Waals surface area contributed by atoms with E-state index in [0.29, 0.717) is 31.8 Å². The van der Waals surface area contributed by atoms with Crippen LogP contribution in [0.2, 0.25) is 0 Å². The maximum absolute atomic E-state index is 12.2. The van der Waals surface area contributed by atoms with Crippen molar-refractivity contribution in [3.8, 4) is 0 Å². The lowest BCUT2D eigenvalue weighted by Gasteiger charge is -2.08. The molecule has 8 nitrogen and oxygen atoms in total. The molecule has 4 N–H and O–H groups in total. The molecule has 0 atom stereocenters. The topological polar surface area (TPSA) is 123 Å². The van der Waals surface area contributed by atoms with Crippen LogP contribution in [-0.4, -0.2) is 46.1 Å². The fraction of sp³-hybridized carbons (Fsp3) is 0.294. The van der Waals surface area contributed by atoms with Gasteiger partial charge in [0.25, 0.3) is 5.91 Å². The lowest BCUT2D eigenvalue weighted by molar-refractivity contribution is 0.0949.